The first-order valence-corrected chi connectivity index (χ1v) is 4.76. The summed E-state index contributed by atoms with van der Waals surface area (Å²) in [6, 6.07) is 0. The lowest BCUT2D eigenvalue weighted by atomic mass is 10.0. The molecule has 1 saturated heterocycles. The lowest BCUT2D eigenvalue weighted by Gasteiger charge is -2.21. The van der Waals surface area contributed by atoms with Gasteiger partial charge in [0.25, 0.3) is 0 Å². The van der Waals surface area contributed by atoms with E-state index in [0.717, 1.165) is 6.42 Å². The minimum absolute atomic E-state index is 0.147. The van der Waals surface area contributed by atoms with Gasteiger partial charge in [-0.15, -0.1) is 0 Å². The molecule has 0 saturated carbocycles. The molecule has 11 heavy (non-hydrogen) atoms. The lowest BCUT2D eigenvalue weighted by Crippen LogP contribution is -2.28. The van der Waals surface area contributed by atoms with Crippen LogP contribution in [0.2, 0.25) is 0 Å². The Bertz CT molecular complexity index is 152. The van der Waals surface area contributed by atoms with Gasteiger partial charge in [0, 0.05) is 6.61 Å². The first-order valence-electron chi connectivity index (χ1n) is 3.53. The third-order valence-electron chi connectivity index (χ3n) is 1.97. The third-order valence-corrected chi connectivity index (χ3v) is 3.31. The van der Waals surface area contributed by atoms with Crippen LogP contribution in [0.15, 0.2) is 0 Å². The van der Waals surface area contributed by atoms with Gasteiger partial charge in [-0.3, -0.25) is 4.79 Å². The summed E-state index contributed by atoms with van der Waals surface area (Å²) in [5.41, 5.74) is 0. The fourth-order valence-electron chi connectivity index (χ4n) is 1.24. The molecule has 3 nitrogen and oxygen atoms in total. The normalized spacial score (nSPS) is 30.6. The van der Waals surface area contributed by atoms with E-state index in [4.69, 9.17) is 9.84 Å². The van der Waals surface area contributed by atoms with Gasteiger partial charge in [-0.2, -0.15) is 11.8 Å². The highest BCUT2D eigenvalue weighted by molar-refractivity contribution is 8.00. The Balaban J connectivity index is 2.52. The summed E-state index contributed by atoms with van der Waals surface area (Å²) >= 11 is 1.60. The zero-order valence-corrected chi connectivity index (χ0v) is 7.32. The maximum Gasteiger partial charge on any atom is 0.304 e. The molecule has 0 aliphatic carbocycles. The number of aliphatic carboxylic acids is 1. The number of hydrogen-bond donors (Lipinski definition) is 1. The van der Waals surface area contributed by atoms with Crippen LogP contribution in [0.1, 0.15) is 12.8 Å². The molecule has 0 amide bonds. The summed E-state index contributed by atoms with van der Waals surface area (Å²) in [6.45, 7) is 1.29. The van der Waals surface area contributed by atoms with Crippen LogP contribution in [-0.2, 0) is 9.53 Å². The van der Waals surface area contributed by atoms with E-state index in [1.54, 1.807) is 11.8 Å². The first kappa shape index (κ1) is 8.87. The monoisotopic (exact) mass is 176 g/mol. The molecule has 1 rings (SSSR count). The molecular formula is C7H12O3S. The Morgan fingerprint density at radius 3 is 2.91 bits per heavy atom. The molecule has 1 aliphatic heterocycles. The molecule has 0 aromatic rings. The number of carbonyl (C=O) groups is 1. The van der Waals surface area contributed by atoms with Gasteiger partial charge in [-0.1, -0.05) is 0 Å². The van der Waals surface area contributed by atoms with Crippen molar-refractivity contribution in [3.8, 4) is 0 Å². The fourth-order valence-corrected chi connectivity index (χ4v) is 1.99. The summed E-state index contributed by atoms with van der Waals surface area (Å²) in [4.78, 5) is 10.5. The van der Waals surface area contributed by atoms with Crippen LogP contribution in [0.4, 0.5) is 0 Å². The zero-order valence-electron chi connectivity index (χ0n) is 6.50. The maximum atomic E-state index is 10.5. The van der Waals surface area contributed by atoms with Gasteiger partial charge in [0.15, 0.2) is 0 Å². The molecule has 1 fully saturated rings. The van der Waals surface area contributed by atoms with Crippen LogP contribution in [0.5, 0.6) is 0 Å². The Morgan fingerprint density at radius 2 is 2.55 bits per heavy atom. The predicted octanol–water partition coefficient (Wildman–Crippen LogP) is 0.983. The minimum atomic E-state index is -0.732. The Morgan fingerprint density at radius 1 is 1.82 bits per heavy atom. The molecule has 1 aliphatic rings. The van der Waals surface area contributed by atoms with Crippen molar-refractivity contribution in [2.24, 2.45) is 0 Å². The number of hydrogen-bond acceptors (Lipinski definition) is 3. The van der Waals surface area contributed by atoms with Crippen LogP contribution in [0.3, 0.4) is 0 Å². The first-order chi connectivity index (χ1) is 5.18. The summed E-state index contributed by atoms with van der Waals surface area (Å²) in [5, 5.41) is 8.60. The molecular weight excluding hydrogens is 164 g/mol. The quantitative estimate of drug-likeness (QED) is 0.696. The summed E-state index contributed by atoms with van der Waals surface area (Å²) in [5.74, 6) is -0.732. The van der Waals surface area contributed by atoms with E-state index in [2.05, 4.69) is 0 Å². The molecule has 0 aromatic heterocycles. The van der Waals surface area contributed by atoms with Crippen molar-refractivity contribution in [2.75, 3.05) is 19.5 Å². The lowest BCUT2D eigenvalue weighted by molar-refractivity contribution is -0.137. The summed E-state index contributed by atoms with van der Waals surface area (Å²) < 4.78 is 5.02. The second kappa shape index (κ2) is 3.45. The van der Waals surface area contributed by atoms with Crippen molar-refractivity contribution in [3.63, 3.8) is 0 Å². The SMILES string of the molecule is CSC1(CC(=O)O)CCOC1. The van der Waals surface area contributed by atoms with Crippen LogP contribution in [0, 0.1) is 0 Å². The highest BCUT2D eigenvalue weighted by atomic mass is 32.2. The Labute approximate surface area is 70.1 Å². The molecule has 0 spiro atoms. The number of carboxylic acids is 1. The molecule has 1 heterocycles. The second-order valence-electron chi connectivity index (χ2n) is 2.76. The van der Waals surface area contributed by atoms with Crippen molar-refractivity contribution < 1.29 is 14.6 Å². The molecule has 1 unspecified atom stereocenters. The molecule has 1 atom stereocenters. The van der Waals surface area contributed by atoms with Crippen molar-refractivity contribution in [1.29, 1.82) is 0 Å². The highest BCUT2D eigenvalue weighted by Gasteiger charge is 2.36. The van der Waals surface area contributed by atoms with Crippen molar-refractivity contribution in [2.45, 2.75) is 17.6 Å². The van der Waals surface area contributed by atoms with Crippen LogP contribution in [-0.4, -0.2) is 35.3 Å². The van der Waals surface area contributed by atoms with Gasteiger partial charge in [-0.25, -0.2) is 0 Å². The largest absolute Gasteiger partial charge is 0.481 e. The van der Waals surface area contributed by atoms with Gasteiger partial charge in [0.05, 0.1) is 17.8 Å². The van der Waals surface area contributed by atoms with Gasteiger partial charge < -0.3 is 9.84 Å². The fraction of sp³-hybridized carbons (Fsp3) is 0.857. The number of thioether (sulfide) groups is 1. The molecule has 0 aromatic carbocycles. The van der Waals surface area contributed by atoms with Crippen LogP contribution in [0.25, 0.3) is 0 Å². The van der Waals surface area contributed by atoms with Crippen molar-refractivity contribution in [1.82, 2.24) is 0 Å². The Hall–Kier alpha value is -0.220. The van der Waals surface area contributed by atoms with Crippen LogP contribution < -0.4 is 0 Å². The molecule has 64 valence electrons. The topological polar surface area (TPSA) is 46.5 Å². The summed E-state index contributed by atoms with van der Waals surface area (Å²) in [7, 11) is 0. The molecule has 0 radical (unpaired) electrons. The standard InChI is InChI=1S/C7H12O3S/c1-11-7(4-6(8)9)2-3-10-5-7/h2-5H2,1H3,(H,8,9). The second-order valence-corrected chi connectivity index (χ2v) is 4.03. The van der Waals surface area contributed by atoms with E-state index in [1.807, 2.05) is 6.26 Å². The maximum absolute atomic E-state index is 10.5. The van der Waals surface area contributed by atoms with E-state index in [9.17, 15) is 4.79 Å². The summed E-state index contributed by atoms with van der Waals surface area (Å²) in [6.07, 6.45) is 3.02. The average Bonchev–Trinajstić information content (AvgIpc) is 2.36. The van der Waals surface area contributed by atoms with E-state index < -0.39 is 5.97 Å². The van der Waals surface area contributed by atoms with E-state index in [-0.39, 0.29) is 11.2 Å². The third kappa shape index (κ3) is 2.10. The van der Waals surface area contributed by atoms with Gasteiger partial charge in [0.1, 0.15) is 0 Å². The highest BCUT2D eigenvalue weighted by Crippen LogP contribution is 2.35. The van der Waals surface area contributed by atoms with Crippen molar-refractivity contribution >= 4 is 17.7 Å². The smallest absolute Gasteiger partial charge is 0.304 e. The predicted molar refractivity (Wildman–Crippen MR) is 43.9 cm³/mol. The Kier molecular flexibility index (Phi) is 2.78. The van der Waals surface area contributed by atoms with E-state index >= 15 is 0 Å². The number of rotatable bonds is 3. The molecule has 4 heteroatoms. The van der Waals surface area contributed by atoms with Crippen LogP contribution >= 0.6 is 11.8 Å². The number of carboxylic acid groups (broad SMARTS) is 1. The van der Waals surface area contributed by atoms with Gasteiger partial charge >= 0.3 is 5.97 Å². The van der Waals surface area contributed by atoms with Gasteiger partial charge in [-0.05, 0) is 12.7 Å². The van der Waals surface area contributed by atoms with Gasteiger partial charge in [0.2, 0.25) is 0 Å². The number of ether oxygens (including phenoxy) is 1. The van der Waals surface area contributed by atoms with Crippen molar-refractivity contribution in [3.05, 3.63) is 0 Å². The minimum Gasteiger partial charge on any atom is -0.481 e. The molecule has 0 bridgehead atoms. The average molecular weight is 176 g/mol. The van der Waals surface area contributed by atoms with E-state index in [0.29, 0.717) is 13.2 Å². The molecule has 1 N–H and O–H groups in total. The zero-order chi connectivity index (χ0) is 8.32. The van der Waals surface area contributed by atoms with E-state index in [1.165, 1.54) is 0 Å².